The Bertz CT molecular complexity index is 1240. The summed E-state index contributed by atoms with van der Waals surface area (Å²) in [5, 5.41) is 7.04. The lowest BCUT2D eigenvalue weighted by atomic mass is 10.0. The third-order valence-electron chi connectivity index (χ3n) is 5.61. The van der Waals surface area contributed by atoms with Crippen molar-refractivity contribution >= 4 is 23.2 Å². The molecule has 0 atom stereocenters. The molecule has 1 aromatic heterocycles. The average Bonchev–Trinajstić information content (AvgIpc) is 2.83. The molecule has 4 rings (SSSR count). The smallest absolute Gasteiger partial charge is 0.292 e. The lowest BCUT2D eigenvalue weighted by molar-refractivity contribution is 0.0718. The number of anilines is 1. The number of carbonyl (C=O) groups excluding carboxylic acids is 1. The predicted octanol–water partition coefficient (Wildman–Crippen LogP) is 4.28. The Morgan fingerprint density at radius 1 is 1.18 bits per heavy atom. The molecule has 1 aliphatic heterocycles. The molecule has 178 valence electrons. The SMILES string of the molecule is CCOc1ccc(C(=O)N2CCC(Nc3cnn(-c4ccc(F)cc4F)c(=O)c3Cl)CC2)cc1. The highest BCUT2D eigenvalue weighted by molar-refractivity contribution is 6.33. The van der Waals surface area contributed by atoms with Crippen LogP contribution in [0.4, 0.5) is 14.5 Å². The minimum atomic E-state index is -0.920. The third-order valence-corrected chi connectivity index (χ3v) is 5.98. The second-order valence-corrected chi connectivity index (χ2v) is 8.23. The first kappa shape index (κ1) is 23.7. The summed E-state index contributed by atoms with van der Waals surface area (Å²) in [6.07, 6.45) is 2.63. The van der Waals surface area contributed by atoms with Gasteiger partial charge < -0.3 is 15.0 Å². The fraction of sp³-hybridized carbons (Fsp3) is 0.292. The Morgan fingerprint density at radius 2 is 1.88 bits per heavy atom. The summed E-state index contributed by atoms with van der Waals surface area (Å²) in [6.45, 7) is 3.53. The van der Waals surface area contributed by atoms with Gasteiger partial charge in [0.15, 0.2) is 5.82 Å². The van der Waals surface area contributed by atoms with Gasteiger partial charge in [-0.1, -0.05) is 11.6 Å². The molecule has 1 aliphatic rings. The number of aromatic nitrogens is 2. The van der Waals surface area contributed by atoms with Crippen molar-refractivity contribution in [1.29, 1.82) is 0 Å². The molecule has 2 heterocycles. The number of benzene rings is 2. The maximum Gasteiger partial charge on any atom is 0.292 e. The van der Waals surface area contributed by atoms with Crippen molar-refractivity contribution in [1.82, 2.24) is 14.7 Å². The number of nitrogens with zero attached hydrogens (tertiary/aromatic N) is 3. The Hall–Kier alpha value is -3.46. The normalized spacial score (nSPS) is 14.2. The van der Waals surface area contributed by atoms with Crippen molar-refractivity contribution in [3.05, 3.63) is 81.2 Å². The van der Waals surface area contributed by atoms with Crippen LogP contribution in [-0.2, 0) is 0 Å². The van der Waals surface area contributed by atoms with E-state index in [9.17, 15) is 18.4 Å². The number of likely N-dealkylation sites (tertiary alicyclic amines) is 1. The van der Waals surface area contributed by atoms with Gasteiger partial charge in [-0.15, -0.1) is 0 Å². The quantitative estimate of drug-likeness (QED) is 0.560. The first-order valence-corrected chi connectivity index (χ1v) is 11.3. The van der Waals surface area contributed by atoms with Crippen LogP contribution < -0.4 is 15.6 Å². The zero-order valence-electron chi connectivity index (χ0n) is 18.4. The van der Waals surface area contributed by atoms with E-state index < -0.39 is 17.2 Å². The Kier molecular flexibility index (Phi) is 7.12. The summed E-state index contributed by atoms with van der Waals surface area (Å²) in [7, 11) is 0. The molecule has 0 saturated carbocycles. The van der Waals surface area contributed by atoms with Gasteiger partial charge in [0, 0.05) is 30.8 Å². The standard InChI is InChI=1S/C24H23ClF2N4O3/c1-2-34-18-6-3-15(4-7-18)23(32)30-11-9-17(10-12-30)29-20-14-28-31(24(33)22(20)25)21-8-5-16(26)13-19(21)27/h3-8,13-14,17,29H,2,9-12H2,1H3. The average molecular weight is 489 g/mol. The molecule has 0 spiro atoms. The fourth-order valence-corrected chi connectivity index (χ4v) is 4.03. The van der Waals surface area contributed by atoms with Crippen LogP contribution in [0.2, 0.25) is 5.02 Å². The highest BCUT2D eigenvalue weighted by Gasteiger charge is 2.25. The molecular weight excluding hydrogens is 466 g/mol. The molecule has 0 aliphatic carbocycles. The lowest BCUT2D eigenvalue weighted by Crippen LogP contribution is -2.42. The van der Waals surface area contributed by atoms with E-state index in [0.717, 1.165) is 22.6 Å². The monoisotopic (exact) mass is 488 g/mol. The summed E-state index contributed by atoms with van der Waals surface area (Å²) in [6, 6.07) is 9.87. The van der Waals surface area contributed by atoms with Gasteiger partial charge in [0.25, 0.3) is 11.5 Å². The van der Waals surface area contributed by atoms with Crippen LogP contribution in [0.5, 0.6) is 5.75 Å². The first-order chi connectivity index (χ1) is 16.4. The van der Waals surface area contributed by atoms with E-state index in [0.29, 0.717) is 49.9 Å². The molecule has 2 aromatic carbocycles. The molecule has 3 aromatic rings. The molecule has 1 fully saturated rings. The summed E-state index contributed by atoms with van der Waals surface area (Å²) >= 11 is 6.24. The van der Waals surface area contributed by atoms with E-state index in [2.05, 4.69) is 10.4 Å². The van der Waals surface area contributed by atoms with Crippen LogP contribution in [0.15, 0.2) is 53.5 Å². The number of amides is 1. The molecule has 0 radical (unpaired) electrons. The van der Waals surface area contributed by atoms with Gasteiger partial charge >= 0.3 is 0 Å². The molecule has 0 unspecified atom stereocenters. The number of halogens is 3. The Labute approximate surface area is 199 Å². The van der Waals surface area contributed by atoms with Crippen molar-refractivity contribution in [2.24, 2.45) is 0 Å². The largest absolute Gasteiger partial charge is 0.494 e. The number of ether oxygens (including phenoxy) is 1. The molecule has 10 heteroatoms. The maximum absolute atomic E-state index is 14.1. The van der Waals surface area contributed by atoms with Gasteiger partial charge in [-0.3, -0.25) is 9.59 Å². The molecule has 1 saturated heterocycles. The molecule has 34 heavy (non-hydrogen) atoms. The number of rotatable bonds is 6. The first-order valence-electron chi connectivity index (χ1n) is 10.9. The van der Waals surface area contributed by atoms with Crippen LogP contribution in [-0.4, -0.2) is 46.3 Å². The number of carbonyl (C=O) groups is 1. The molecule has 1 N–H and O–H groups in total. The van der Waals surface area contributed by atoms with Gasteiger partial charge in [0.05, 0.1) is 18.5 Å². The number of hydrogen-bond donors (Lipinski definition) is 1. The summed E-state index contributed by atoms with van der Waals surface area (Å²) < 4.78 is 33.4. The second-order valence-electron chi connectivity index (χ2n) is 7.85. The van der Waals surface area contributed by atoms with Crippen molar-refractivity contribution in [3.8, 4) is 11.4 Å². The van der Waals surface area contributed by atoms with Crippen LogP contribution in [0, 0.1) is 11.6 Å². The summed E-state index contributed by atoms with van der Waals surface area (Å²) in [4.78, 5) is 27.2. The summed E-state index contributed by atoms with van der Waals surface area (Å²) in [5.74, 6) is -1.01. The molecule has 1 amide bonds. The van der Waals surface area contributed by atoms with Crippen molar-refractivity contribution in [2.75, 3.05) is 25.0 Å². The topological polar surface area (TPSA) is 76.5 Å². The zero-order chi connectivity index (χ0) is 24.2. The van der Waals surface area contributed by atoms with Gasteiger partial charge in [-0.05, 0) is 56.2 Å². The maximum atomic E-state index is 14.1. The van der Waals surface area contributed by atoms with Crippen molar-refractivity contribution < 1.29 is 18.3 Å². The zero-order valence-corrected chi connectivity index (χ0v) is 19.2. The minimum Gasteiger partial charge on any atom is -0.494 e. The Morgan fingerprint density at radius 3 is 2.53 bits per heavy atom. The number of piperidine rings is 1. The highest BCUT2D eigenvalue weighted by Crippen LogP contribution is 2.23. The van der Waals surface area contributed by atoms with Gasteiger partial charge in [-0.25, -0.2) is 8.78 Å². The van der Waals surface area contributed by atoms with Gasteiger partial charge in [-0.2, -0.15) is 9.78 Å². The van der Waals surface area contributed by atoms with Crippen LogP contribution in [0.1, 0.15) is 30.1 Å². The molecule has 0 bridgehead atoms. The van der Waals surface area contributed by atoms with Crippen LogP contribution >= 0.6 is 11.6 Å². The van der Waals surface area contributed by atoms with Crippen LogP contribution in [0.3, 0.4) is 0 Å². The fourth-order valence-electron chi connectivity index (χ4n) is 3.85. The van der Waals surface area contributed by atoms with Gasteiger partial charge in [0.2, 0.25) is 0 Å². The third kappa shape index (κ3) is 5.04. The highest BCUT2D eigenvalue weighted by atomic mass is 35.5. The van der Waals surface area contributed by atoms with Crippen molar-refractivity contribution in [3.63, 3.8) is 0 Å². The van der Waals surface area contributed by atoms with E-state index in [1.807, 2.05) is 6.92 Å². The van der Waals surface area contributed by atoms with Crippen LogP contribution in [0.25, 0.3) is 5.69 Å². The van der Waals surface area contributed by atoms with E-state index >= 15 is 0 Å². The number of hydrogen-bond acceptors (Lipinski definition) is 5. The van der Waals surface area contributed by atoms with Crippen molar-refractivity contribution in [2.45, 2.75) is 25.8 Å². The lowest BCUT2D eigenvalue weighted by Gasteiger charge is -2.33. The second kappa shape index (κ2) is 10.2. The van der Waals surface area contributed by atoms with E-state index in [1.54, 1.807) is 29.2 Å². The van der Waals surface area contributed by atoms with E-state index in [-0.39, 0.29) is 22.7 Å². The molecule has 7 nitrogen and oxygen atoms in total. The van der Waals surface area contributed by atoms with E-state index in [1.165, 1.54) is 6.20 Å². The van der Waals surface area contributed by atoms with E-state index in [4.69, 9.17) is 16.3 Å². The van der Waals surface area contributed by atoms with Gasteiger partial charge in [0.1, 0.15) is 22.3 Å². The number of nitrogens with one attached hydrogen (secondary N) is 1. The molecular formula is C24H23ClF2N4O3. The Balaban J connectivity index is 1.39. The minimum absolute atomic E-state index is 0.0264. The summed E-state index contributed by atoms with van der Waals surface area (Å²) in [5.41, 5.74) is 0.00159. The predicted molar refractivity (Wildman–Crippen MR) is 125 cm³/mol.